The fourth-order valence-corrected chi connectivity index (χ4v) is 2.16. The molecule has 0 spiro atoms. The van der Waals surface area contributed by atoms with E-state index in [9.17, 15) is 4.79 Å². The van der Waals surface area contributed by atoms with Crippen molar-refractivity contribution in [1.82, 2.24) is 0 Å². The maximum absolute atomic E-state index is 11.1. The molecule has 0 amide bonds. The first-order chi connectivity index (χ1) is 9.20. The molecule has 1 saturated carbocycles. The van der Waals surface area contributed by atoms with Gasteiger partial charge in [-0.3, -0.25) is 4.79 Å². The van der Waals surface area contributed by atoms with Crippen LogP contribution < -0.4 is 14.8 Å². The molecule has 0 unspecified atom stereocenters. The summed E-state index contributed by atoms with van der Waals surface area (Å²) in [5, 5.41) is 12.3. The van der Waals surface area contributed by atoms with Gasteiger partial charge in [-0.05, 0) is 25.0 Å². The van der Waals surface area contributed by atoms with Gasteiger partial charge in [0.2, 0.25) is 0 Å². The van der Waals surface area contributed by atoms with Crippen LogP contribution >= 0.6 is 0 Å². The van der Waals surface area contributed by atoms with Crippen molar-refractivity contribution in [2.24, 2.45) is 5.41 Å². The third kappa shape index (κ3) is 2.45. The van der Waals surface area contributed by atoms with Crippen LogP contribution in [0.1, 0.15) is 19.3 Å². The molecular weight excluding hydrogens is 246 g/mol. The first kappa shape index (κ1) is 12.1. The van der Waals surface area contributed by atoms with Crippen molar-refractivity contribution in [3.63, 3.8) is 0 Å². The van der Waals surface area contributed by atoms with E-state index in [1.807, 2.05) is 18.2 Å². The van der Waals surface area contributed by atoms with Gasteiger partial charge in [-0.2, -0.15) is 0 Å². The number of aliphatic carboxylic acids is 1. The van der Waals surface area contributed by atoms with Crippen LogP contribution in [0.5, 0.6) is 11.5 Å². The second-order valence-electron chi connectivity index (χ2n) is 5.15. The van der Waals surface area contributed by atoms with Gasteiger partial charge in [-0.25, -0.2) is 0 Å². The zero-order valence-electron chi connectivity index (χ0n) is 10.6. The second-order valence-corrected chi connectivity index (χ2v) is 5.15. The van der Waals surface area contributed by atoms with Crippen molar-refractivity contribution >= 4 is 11.7 Å². The Morgan fingerprint density at radius 3 is 2.68 bits per heavy atom. The summed E-state index contributed by atoms with van der Waals surface area (Å²) < 4.78 is 11.2. The second kappa shape index (κ2) is 4.64. The Morgan fingerprint density at radius 1 is 1.26 bits per heavy atom. The number of fused-ring (bicyclic) bond motifs is 1. The SMILES string of the molecule is O=C(O)C1(CNc2ccc3c(c2)OCCCO3)CC1. The molecule has 1 heterocycles. The fourth-order valence-electron chi connectivity index (χ4n) is 2.16. The van der Waals surface area contributed by atoms with E-state index in [-0.39, 0.29) is 0 Å². The monoisotopic (exact) mass is 263 g/mol. The Balaban J connectivity index is 1.69. The van der Waals surface area contributed by atoms with Crippen LogP contribution in [0.25, 0.3) is 0 Å². The Hall–Kier alpha value is -1.91. The predicted octanol–water partition coefficient (Wildman–Crippen LogP) is 2.12. The van der Waals surface area contributed by atoms with E-state index in [0.29, 0.717) is 19.8 Å². The van der Waals surface area contributed by atoms with Crippen LogP contribution in [0.2, 0.25) is 0 Å². The zero-order chi connectivity index (χ0) is 13.3. The van der Waals surface area contributed by atoms with E-state index < -0.39 is 11.4 Å². The maximum Gasteiger partial charge on any atom is 0.311 e. The molecule has 0 atom stereocenters. The van der Waals surface area contributed by atoms with Gasteiger partial charge < -0.3 is 19.9 Å². The van der Waals surface area contributed by atoms with E-state index in [0.717, 1.165) is 36.4 Å². The first-order valence-corrected chi connectivity index (χ1v) is 6.57. The summed E-state index contributed by atoms with van der Waals surface area (Å²) in [6.45, 7) is 1.78. The fraction of sp³-hybridized carbons (Fsp3) is 0.500. The van der Waals surface area contributed by atoms with Gasteiger partial charge in [-0.15, -0.1) is 0 Å². The van der Waals surface area contributed by atoms with E-state index in [1.165, 1.54) is 0 Å². The highest BCUT2D eigenvalue weighted by molar-refractivity contribution is 5.78. The Labute approximate surface area is 111 Å². The number of nitrogens with one attached hydrogen (secondary N) is 1. The molecule has 1 aliphatic carbocycles. The summed E-state index contributed by atoms with van der Waals surface area (Å²) in [4.78, 5) is 11.1. The molecule has 2 N–H and O–H groups in total. The third-order valence-corrected chi connectivity index (χ3v) is 3.69. The van der Waals surface area contributed by atoms with Gasteiger partial charge in [-0.1, -0.05) is 0 Å². The van der Waals surface area contributed by atoms with E-state index in [2.05, 4.69) is 5.32 Å². The maximum atomic E-state index is 11.1. The molecule has 2 aliphatic rings. The average molecular weight is 263 g/mol. The summed E-state index contributed by atoms with van der Waals surface area (Å²) in [5.74, 6) is 0.763. The number of ether oxygens (including phenoxy) is 2. The Kier molecular flexibility index (Phi) is 2.97. The molecule has 3 rings (SSSR count). The number of carbonyl (C=O) groups is 1. The summed E-state index contributed by atoms with van der Waals surface area (Å²) >= 11 is 0. The van der Waals surface area contributed by atoms with Crippen LogP contribution in [0.3, 0.4) is 0 Å². The number of carboxylic acid groups (broad SMARTS) is 1. The lowest BCUT2D eigenvalue weighted by Crippen LogP contribution is -2.24. The number of carboxylic acids is 1. The number of anilines is 1. The molecule has 5 nitrogen and oxygen atoms in total. The number of benzene rings is 1. The van der Waals surface area contributed by atoms with Crippen molar-refractivity contribution in [2.45, 2.75) is 19.3 Å². The van der Waals surface area contributed by atoms with Gasteiger partial charge in [0.05, 0.1) is 18.6 Å². The summed E-state index contributed by atoms with van der Waals surface area (Å²) in [5.41, 5.74) is 0.307. The highest BCUT2D eigenvalue weighted by Crippen LogP contribution is 2.46. The number of hydrogen-bond acceptors (Lipinski definition) is 4. The van der Waals surface area contributed by atoms with E-state index >= 15 is 0 Å². The zero-order valence-corrected chi connectivity index (χ0v) is 10.6. The molecule has 102 valence electrons. The van der Waals surface area contributed by atoms with Gasteiger partial charge >= 0.3 is 5.97 Å². The van der Waals surface area contributed by atoms with E-state index in [1.54, 1.807) is 0 Å². The van der Waals surface area contributed by atoms with Crippen LogP contribution in [-0.2, 0) is 4.79 Å². The minimum atomic E-state index is -0.714. The smallest absolute Gasteiger partial charge is 0.311 e. The molecular formula is C14H17NO4. The van der Waals surface area contributed by atoms with Crippen molar-refractivity contribution in [2.75, 3.05) is 25.1 Å². The molecule has 1 aromatic rings. The lowest BCUT2D eigenvalue weighted by atomic mass is 10.1. The Bertz CT molecular complexity index is 496. The topological polar surface area (TPSA) is 67.8 Å². The molecule has 1 aromatic carbocycles. The standard InChI is InChI=1S/C14H17NO4/c16-13(17)14(4-5-14)9-15-10-2-3-11-12(8-10)19-7-1-6-18-11/h2-3,8,15H,1,4-7,9H2,(H,16,17). The third-order valence-electron chi connectivity index (χ3n) is 3.69. The van der Waals surface area contributed by atoms with E-state index in [4.69, 9.17) is 14.6 Å². The first-order valence-electron chi connectivity index (χ1n) is 6.57. The normalized spacial score (nSPS) is 19.4. The van der Waals surface area contributed by atoms with Crippen molar-refractivity contribution in [3.05, 3.63) is 18.2 Å². The minimum Gasteiger partial charge on any atom is -0.490 e. The largest absolute Gasteiger partial charge is 0.490 e. The Morgan fingerprint density at radius 2 is 2.00 bits per heavy atom. The molecule has 19 heavy (non-hydrogen) atoms. The molecule has 5 heteroatoms. The lowest BCUT2D eigenvalue weighted by Gasteiger charge is -2.14. The highest BCUT2D eigenvalue weighted by Gasteiger charge is 2.49. The molecule has 0 saturated heterocycles. The van der Waals surface area contributed by atoms with Gasteiger partial charge in [0.15, 0.2) is 11.5 Å². The molecule has 0 radical (unpaired) electrons. The van der Waals surface area contributed by atoms with Gasteiger partial charge in [0.1, 0.15) is 0 Å². The van der Waals surface area contributed by atoms with Gasteiger partial charge in [0, 0.05) is 24.7 Å². The molecule has 1 aliphatic heterocycles. The van der Waals surface area contributed by atoms with Crippen molar-refractivity contribution in [1.29, 1.82) is 0 Å². The van der Waals surface area contributed by atoms with Crippen molar-refractivity contribution < 1.29 is 19.4 Å². The summed E-state index contributed by atoms with van der Waals surface area (Å²) in [7, 11) is 0. The molecule has 0 aromatic heterocycles. The predicted molar refractivity (Wildman–Crippen MR) is 69.8 cm³/mol. The summed E-state index contributed by atoms with van der Waals surface area (Å²) in [6, 6.07) is 5.63. The van der Waals surface area contributed by atoms with Crippen LogP contribution in [0.15, 0.2) is 18.2 Å². The molecule has 0 bridgehead atoms. The number of rotatable bonds is 4. The van der Waals surface area contributed by atoms with Crippen LogP contribution in [0.4, 0.5) is 5.69 Å². The highest BCUT2D eigenvalue weighted by atomic mass is 16.5. The van der Waals surface area contributed by atoms with Gasteiger partial charge in [0.25, 0.3) is 0 Å². The minimum absolute atomic E-state index is 0.460. The van der Waals surface area contributed by atoms with Crippen LogP contribution in [-0.4, -0.2) is 30.8 Å². The summed E-state index contributed by atoms with van der Waals surface area (Å²) in [6.07, 6.45) is 2.37. The lowest BCUT2D eigenvalue weighted by molar-refractivity contribution is -0.142. The van der Waals surface area contributed by atoms with Crippen LogP contribution in [0, 0.1) is 5.41 Å². The average Bonchev–Trinajstić information content (AvgIpc) is 3.21. The quantitative estimate of drug-likeness (QED) is 0.871. The van der Waals surface area contributed by atoms with Crippen molar-refractivity contribution in [3.8, 4) is 11.5 Å². The molecule has 1 fully saturated rings. The number of hydrogen-bond donors (Lipinski definition) is 2.